The van der Waals surface area contributed by atoms with Gasteiger partial charge in [-0.1, -0.05) is 0 Å². The summed E-state index contributed by atoms with van der Waals surface area (Å²) < 4.78 is 5.74. The van der Waals surface area contributed by atoms with Gasteiger partial charge in [0.2, 0.25) is 0 Å². The Hall–Kier alpha value is -2.13. The maximum Gasteiger partial charge on any atom is 0.273 e. The quantitative estimate of drug-likeness (QED) is 0.637. The topological polar surface area (TPSA) is 88.2 Å². The molecule has 6 heteroatoms. The molecule has 0 heterocycles. The van der Waals surface area contributed by atoms with Gasteiger partial charge in [0, 0.05) is 12.5 Å². The summed E-state index contributed by atoms with van der Waals surface area (Å²) in [7, 11) is 1.72. The first-order valence-corrected chi connectivity index (χ1v) is 6.33. The molecule has 1 N–H and O–H groups in total. The smallest absolute Gasteiger partial charge is 0.273 e. The van der Waals surface area contributed by atoms with E-state index in [1.54, 1.807) is 20.0 Å². The van der Waals surface area contributed by atoms with Gasteiger partial charge in [0.25, 0.3) is 5.69 Å². The maximum absolute atomic E-state index is 10.8. The Morgan fingerprint density at radius 2 is 2.25 bits per heavy atom. The van der Waals surface area contributed by atoms with E-state index in [1.807, 2.05) is 13.8 Å². The van der Waals surface area contributed by atoms with Crippen LogP contribution in [0, 0.1) is 28.4 Å². The Morgan fingerprint density at radius 1 is 1.60 bits per heavy atom. The molecule has 1 aromatic carbocycles. The first kappa shape index (κ1) is 15.9. The molecule has 20 heavy (non-hydrogen) atoms. The first-order chi connectivity index (χ1) is 9.31. The molecule has 0 radical (unpaired) electrons. The SMILES string of the molecule is CNC(C)(C#N)CC(C)Oc1cc([N+](=O)[O-])ccc1C. The van der Waals surface area contributed by atoms with E-state index in [2.05, 4.69) is 11.4 Å². The number of rotatable bonds is 6. The number of aryl methyl sites for hydroxylation is 1. The van der Waals surface area contributed by atoms with Crippen LogP contribution >= 0.6 is 0 Å². The molecule has 108 valence electrons. The van der Waals surface area contributed by atoms with E-state index in [0.29, 0.717) is 12.2 Å². The minimum atomic E-state index is -0.686. The molecule has 2 unspecified atom stereocenters. The lowest BCUT2D eigenvalue weighted by atomic mass is 9.97. The molecule has 0 aliphatic heterocycles. The minimum Gasteiger partial charge on any atom is -0.490 e. The van der Waals surface area contributed by atoms with E-state index >= 15 is 0 Å². The van der Waals surface area contributed by atoms with Crippen LogP contribution in [0.2, 0.25) is 0 Å². The highest BCUT2D eigenvalue weighted by molar-refractivity contribution is 5.43. The average molecular weight is 277 g/mol. The number of nitro groups is 1. The number of nitriles is 1. The van der Waals surface area contributed by atoms with Gasteiger partial charge >= 0.3 is 0 Å². The van der Waals surface area contributed by atoms with Crippen molar-refractivity contribution in [2.24, 2.45) is 0 Å². The van der Waals surface area contributed by atoms with Gasteiger partial charge in [-0.05, 0) is 39.4 Å². The predicted octanol–water partition coefficient (Wildman–Crippen LogP) is 2.56. The fraction of sp³-hybridized carbons (Fsp3) is 0.500. The fourth-order valence-corrected chi connectivity index (χ4v) is 1.87. The summed E-state index contributed by atoms with van der Waals surface area (Å²) in [6.07, 6.45) is 0.232. The Balaban J connectivity index is 2.85. The van der Waals surface area contributed by atoms with Crippen molar-refractivity contribution < 1.29 is 9.66 Å². The fourth-order valence-electron chi connectivity index (χ4n) is 1.87. The monoisotopic (exact) mass is 277 g/mol. The van der Waals surface area contributed by atoms with Crippen LogP contribution in [-0.4, -0.2) is 23.6 Å². The second-order valence-electron chi connectivity index (χ2n) is 5.03. The first-order valence-electron chi connectivity index (χ1n) is 6.33. The second kappa shape index (κ2) is 6.35. The van der Waals surface area contributed by atoms with Gasteiger partial charge in [0.1, 0.15) is 11.3 Å². The molecule has 0 bridgehead atoms. The molecular weight excluding hydrogens is 258 g/mol. The summed E-state index contributed by atoms with van der Waals surface area (Å²) in [4.78, 5) is 10.3. The molecule has 1 aromatic rings. The molecule has 0 fully saturated rings. The van der Waals surface area contributed by atoms with E-state index in [-0.39, 0.29) is 11.8 Å². The third-order valence-corrected chi connectivity index (χ3v) is 3.20. The molecule has 6 nitrogen and oxygen atoms in total. The van der Waals surface area contributed by atoms with Crippen molar-refractivity contribution in [1.82, 2.24) is 5.32 Å². The maximum atomic E-state index is 10.8. The summed E-state index contributed by atoms with van der Waals surface area (Å²) >= 11 is 0. The largest absolute Gasteiger partial charge is 0.490 e. The van der Waals surface area contributed by atoms with Crippen molar-refractivity contribution in [3.05, 3.63) is 33.9 Å². The number of non-ortho nitro benzene ring substituents is 1. The van der Waals surface area contributed by atoms with Crippen molar-refractivity contribution in [2.45, 2.75) is 38.8 Å². The van der Waals surface area contributed by atoms with Crippen LogP contribution in [0.3, 0.4) is 0 Å². The highest BCUT2D eigenvalue weighted by Crippen LogP contribution is 2.26. The van der Waals surface area contributed by atoms with Crippen LogP contribution < -0.4 is 10.1 Å². The van der Waals surface area contributed by atoms with Gasteiger partial charge in [0.05, 0.1) is 23.2 Å². The molecular formula is C14H19N3O3. The zero-order chi connectivity index (χ0) is 15.3. The summed E-state index contributed by atoms with van der Waals surface area (Å²) in [6, 6.07) is 6.70. The average Bonchev–Trinajstić information content (AvgIpc) is 2.40. The van der Waals surface area contributed by atoms with Crippen LogP contribution in [0.25, 0.3) is 0 Å². The molecule has 1 rings (SSSR count). The second-order valence-corrected chi connectivity index (χ2v) is 5.03. The van der Waals surface area contributed by atoms with Gasteiger partial charge in [-0.15, -0.1) is 0 Å². The molecule has 2 atom stereocenters. The van der Waals surface area contributed by atoms with Crippen molar-refractivity contribution >= 4 is 5.69 Å². The van der Waals surface area contributed by atoms with Crippen molar-refractivity contribution in [3.63, 3.8) is 0 Å². The van der Waals surface area contributed by atoms with E-state index in [0.717, 1.165) is 5.56 Å². The van der Waals surface area contributed by atoms with Crippen molar-refractivity contribution in [3.8, 4) is 11.8 Å². The van der Waals surface area contributed by atoms with Gasteiger partial charge < -0.3 is 10.1 Å². The summed E-state index contributed by atoms with van der Waals surface area (Å²) in [6.45, 7) is 5.45. The molecule has 0 spiro atoms. The number of nitro benzene ring substituents is 1. The van der Waals surface area contributed by atoms with E-state index in [1.165, 1.54) is 12.1 Å². The number of benzene rings is 1. The van der Waals surface area contributed by atoms with E-state index in [4.69, 9.17) is 10.00 Å². The number of hydrogen-bond donors (Lipinski definition) is 1. The third kappa shape index (κ3) is 3.93. The van der Waals surface area contributed by atoms with Crippen molar-refractivity contribution in [1.29, 1.82) is 5.26 Å². The molecule has 0 amide bonds. The van der Waals surface area contributed by atoms with Gasteiger partial charge in [-0.3, -0.25) is 10.1 Å². The Bertz CT molecular complexity index is 539. The third-order valence-electron chi connectivity index (χ3n) is 3.20. The molecule has 0 saturated carbocycles. The van der Waals surface area contributed by atoms with Crippen LogP contribution in [0.5, 0.6) is 5.75 Å². The highest BCUT2D eigenvalue weighted by Gasteiger charge is 2.25. The lowest BCUT2D eigenvalue weighted by Gasteiger charge is -2.25. The lowest BCUT2D eigenvalue weighted by Crippen LogP contribution is -2.41. The Labute approximate surface area is 118 Å². The predicted molar refractivity (Wildman–Crippen MR) is 75.6 cm³/mol. The minimum absolute atomic E-state index is 0.00513. The van der Waals surface area contributed by atoms with Gasteiger partial charge in [-0.25, -0.2) is 0 Å². The Morgan fingerprint density at radius 3 is 2.75 bits per heavy atom. The van der Waals surface area contributed by atoms with Crippen LogP contribution in [-0.2, 0) is 0 Å². The molecule has 0 saturated heterocycles. The zero-order valence-electron chi connectivity index (χ0n) is 12.1. The van der Waals surface area contributed by atoms with Crippen LogP contribution in [0.15, 0.2) is 18.2 Å². The summed E-state index contributed by atoms with van der Waals surface area (Å²) in [5.41, 5.74) is 0.133. The number of nitrogens with zero attached hydrogens (tertiary/aromatic N) is 2. The lowest BCUT2D eigenvalue weighted by molar-refractivity contribution is -0.385. The van der Waals surface area contributed by atoms with Gasteiger partial charge in [-0.2, -0.15) is 5.26 Å². The van der Waals surface area contributed by atoms with E-state index in [9.17, 15) is 10.1 Å². The zero-order valence-corrected chi connectivity index (χ0v) is 12.1. The molecule has 0 aliphatic carbocycles. The van der Waals surface area contributed by atoms with Crippen molar-refractivity contribution in [2.75, 3.05) is 7.05 Å². The number of nitrogens with one attached hydrogen (secondary N) is 1. The Kier molecular flexibility index (Phi) is 5.06. The molecule has 0 aliphatic rings. The van der Waals surface area contributed by atoms with Gasteiger partial charge in [0.15, 0.2) is 0 Å². The summed E-state index contributed by atoms with van der Waals surface area (Å²) in [5, 5.41) is 22.8. The highest BCUT2D eigenvalue weighted by atomic mass is 16.6. The molecule has 0 aromatic heterocycles. The summed E-state index contributed by atoms with van der Waals surface area (Å²) in [5.74, 6) is 0.475. The standard InChI is InChI=1S/C14H19N3O3/c1-10-5-6-12(17(18)19)7-13(10)20-11(2)8-14(3,9-15)16-4/h5-7,11,16H,8H2,1-4H3. The van der Waals surface area contributed by atoms with Crippen LogP contribution in [0.1, 0.15) is 25.8 Å². The number of ether oxygens (including phenoxy) is 1. The van der Waals surface area contributed by atoms with Crippen LogP contribution in [0.4, 0.5) is 5.69 Å². The number of hydrogen-bond acceptors (Lipinski definition) is 5. The van der Waals surface area contributed by atoms with E-state index < -0.39 is 10.5 Å². The normalized spacial score (nSPS) is 14.9.